The first-order valence-electron chi connectivity index (χ1n) is 6.17. The zero-order valence-electron chi connectivity index (χ0n) is 11.1. The number of pyridine rings is 1. The Morgan fingerprint density at radius 1 is 1.29 bits per heavy atom. The van der Waals surface area contributed by atoms with E-state index in [9.17, 15) is 4.39 Å². The van der Waals surface area contributed by atoms with E-state index in [-0.39, 0.29) is 28.2 Å². The van der Waals surface area contributed by atoms with Crippen molar-refractivity contribution in [2.75, 3.05) is 11.9 Å². The van der Waals surface area contributed by atoms with Crippen LogP contribution in [0.1, 0.15) is 6.92 Å². The Hall–Kier alpha value is -1.56. The number of aliphatic hydroxyl groups excluding tert-OH is 1. The fourth-order valence-corrected chi connectivity index (χ4v) is 2.04. The molecule has 21 heavy (non-hydrogen) atoms. The summed E-state index contributed by atoms with van der Waals surface area (Å²) in [5.74, 6) is -1.03. The second kappa shape index (κ2) is 6.93. The molecule has 7 heteroatoms. The van der Waals surface area contributed by atoms with Crippen molar-refractivity contribution in [1.29, 1.82) is 0 Å². The Morgan fingerprint density at radius 3 is 2.57 bits per heavy atom. The Kier molecular flexibility index (Phi) is 5.22. The number of para-hydroxylation sites is 1. The first-order valence-corrected chi connectivity index (χ1v) is 6.92. The average Bonchev–Trinajstić information content (AvgIpc) is 2.50. The van der Waals surface area contributed by atoms with Gasteiger partial charge >= 0.3 is 0 Å². The fourth-order valence-electron chi connectivity index (χ4n) is 1.58. The summed E-state index contributed by atoms with van der Waals surface area (Å²) in [6.45, 7) is 1.36. The molecular formula is C14H13Cl2FN2O2. The Morgan fingerprint density at radius 2 is 1.95 bits per heavy atom. The summed E-state index contributed by atoms with van der Waals surface area (Å²) in [6, 6.07) is 9.03. The Balaban J connectivity index is 2.39. The van der Waals surface area contributed by atoms with Crippen LogP contribution in [0.25, 0.3) is 0 Å². The third kappa shape index (κ3) is 3.75. The molecule has 1 atom stereocenters. The molecule has 2 rings (SSSR count). The molecule has 0 spiro atoms. The van der Waals surface area contributed by atoms with Crippen molar-refractivity contribution in [3.8, 4) is 5.88 Å². The van der Waals surface area contributed by atoms with Crippen LogP contribution in [-0.4, -0.2) is 22.8 Å². The molecule has 1 heterocycles. The quantitative estimate of drug-likeness (QED) is 0.812. The zero-order valence-corrected chi connectivity index (χ0v) is 12.6. The molecule has 0 bridgehead atoms. The number of nitrogens with one attached hydrogen (secondary N) is 1. The molecule has 1 unspecified atom stereocenters. The largest absolute Gasteiger partial charge is 0.471 e. The molecule has 0 amide bonds. The van der Waals surface area contributed by atoms with Crippen molar-refractivity contribution in [2.24, 2.45) is 0 Å². The van der Waals surface area contributed by atoms with Crippen LogP contribution in [0.4, 0.5) is 15.8 Å². The molecule has 112 valence electrons. The molecule has 0 aliphatic carbocycles. The van der Waals surface area contributed by atoms with E-state index in [2.05, 4.69) is 10.3 Å². The van der Waals surface area contributed by atoms with E-state index in [1.807, 2.05) is 18.2 Å². The molecule has 2 N–H and O–H groups in total. The predicted molar refractivity (Wildman–Crippen MR) is 81.1 cm³/mol. The summed E-state index contributed by atoms with van der Waals surface area (Å²) in [7, 11) is 0. The van der Waals surface area contributed by atoms with Crippen molar-refractivity contribution in [1.82, 2.24) is 4.98 Å². The maximum atomic E-state index is 13.8. The Bertz CT molecular complexity index is 626. The summed E-state index contributed by atoms with van der Waals surface area (Å²) in [4.78, 5) is 3.56. The number of aliphatic hydroxyl groups is 1. The lowest BCUT2D eigenvalue weighted by Crippen LogP contribution is -2.17. The summed E-state index contributed by atoms with van der Waals surface area (Å²) in [5.41, 5.74) is 0.852. The minimum Gasteiger partial charge on any atom is -0.471 e. The van der Waals surface area contributed by atoms with Gasteiger partial charge in [-0.25, -0.2) is 0 Å². The lowest BCUT2D eigenvalue weighted by Gasteiger charge is -2.16. The third-order valence-electron chi connectivity index (χ3n) is 2.62. The van der Waals surface area contributed by atoms with Crippen LogP contribution in [0, 0.1) is 5.95 Å². The van der Waals surface area contributed by atoms with Gasteiger partial charge in [0.25, 0.3) is 0 Å². The number of anilines is 2. The minimum absolute atomic E-state index is 0.0468. The molecule has 0 saturated heterocycles. The number of benzene rings is 1. The second-order valence-corrected chi connectivity index (χ2v) is 5.07. The molecule has 0 aliphatic heterocycles. The first kappa shape index (κ1) is 15.8. The lowest BCUT2D eigenvalue weighted by atomic mass is 10.3. The highest BCUT2D eigenvalue weighted by Gasteiger charge is 2.20. The molecular weight excluding hydrogens is 318 g/mol. The van der Waals surface area contributed by atoms with Gasteiger partial charge in [0.1, 0.15) is 16.1 Å². The van der Waals surface area contributed by atoms with Gasteiger partial charge in [-0.15, -0.1) is 0 Å². The van der Waals surface area contributed by atoms with E-state index in [0.717, 1.165) is 0 Å². The minimum atomic E-state index is -0.903. The highest BCUT2D eigenvalue weighted by Crippen LogP contribution is 2.39. The van der Waals surface area contributed by atoms with Gasteiger partial charge in [-0.1, -0.05) is 41.4 Å². The maximum absolute atomic E-state index is 13.8. The van der Waals surface area contributed by atoms with Crippen LogP contribution in [0.2, 0.25) is 10.0 Å². The van der Waals surface area contributed by atoms with E-state index >= 15 is 0 Å². The number of rotatable bonds is 5. The maximum Gasteiger partial charge on any atom is 0.237 e. The summed E-state index contributed by atoms with van der Waals surface area (Å²) in [6.07, 6.45) is -0.569. The van der Waals surface area contributed by atoms with Crippen molar-refractivity contribution < 1.29 is 14.2 Å². The fraction of sp³-hybridized carbons (Fsp3) is 0.214. The van der Waals surface area contributed by atoms with Crippen LogP contribution in [0.5, 0.6) is 5.88 Å². The second-order valence-electron chi connectivity index (χ2n) is 4.31. The van der Waals surface area contributed by atoms with Crippen LogP contribution >= 0.6 is 23.2 Å². The van der Waals surface area contributed by atoms with Gasteiger partial charge in [-0.05, 0) is 19.1 Å². The molecule has 1 aromatic carbocycles. The number of hydrogen-bond acceptors (Lipinski definition) is 4. The average molecular weight is 331 g/mol. The van der Waals surface area contributed by atoms with Crippen LogP contribution in [0.3, 0.4) is 0 Å². The van der Waals surface area contributed by atoms with Gasteiger partial charge in [0, 0.05) is 5.69 Å². The summed E-state index contributed by atoms with van der Waals surface area (Å²) < 4.78 is 19.1. The van der Waals surface area contributed by atoms with Crippen molar-refractivity contribution in [3.05, 3.63) is 46.3 Å². The topological polar surface area (TPSA) is 54.4 Å². The first-order chi connectivity index (χ1) is 10.0. The standard InChI is InChI=1S/C14H13Cl2FN2O2/c1-8(7-20)21-14-11(16)12(10(15)13(17)19-14)18-9-5-3-2-4-6-9/h2-6,8,20H,7H2,1H3,(H,18,19). The lowest BCUT2D eigenvalue weighted by molar-refractivity contribution is 0.124. The molecule has 4 nitrogen and oxygen atoms in total. The monoisotopic (exact) mass is 330 g/mol. The zero-order chi connectivity index (χ0) is 15.4. The van der Waals surface area contributed by atoms with E-state index in [4.69, 9.17) is 33.0 Å². The summed E-state index contributed by atoms with van der Waals surface area (Å²) in [5, 5.41) is 11.7. The molecule has 0 aliphatic rings. The summed E-state index contributed by atoms with van der Waals surface area (Å²) >= 11 is 12.1. The van der Waals surface area contributed by atoms with E-state index < -0.39 is 12.1 Å². The van der Waals surface area contributed by atoms with E-state index in [1.165, 1.54) is 0 Å². The third-order valence-corrected chi connectivity index (χ3v) is 3.32. The molecule has 0 radical (unpaired) electrons. The van der Waals surface area contributed by atoms with Gasteiger partial charge < -0.3 is 15.2 Å². The molecule has 0 fully saturated rings. The van der Waals surface area contributed by atoms with Crippen LogP contribution in [0.15, 0.2) is 30.3 Å². The van der Waals surface area contributed by atoms with E-state index in [1.54, 1.807) is 19.1 Å². The highest BCUT2D eigenvalue weighted by atomic mass is 35.5. The van der Waals surface area contributed by atoms with Crippen LogP contribution < -0.4 is 10.1 Å². The van der Waals surface area contributed by atoms with Crippen molar-refractivity contribution in [2.45, 2.75) is 13.0 Å². The number of halogens is 3. The van der Waals surface area contributed by atoms with E-state index in [0.29, 0.717) is 5.69 Å². The van der Waals surface area contributed by atoms with Crippen LogP contribution in [-0.2, 0) is 0 Å². The normalized spacial score (nSPS) is 12.0. The highest BCUT2D eigenvalue weighted by molar-refractivity contribution is 6.40. The number of nitrogens with zero attached hydrogens (tertiary/aromatic N) is 1. The number of ether oxygens (including phenoxy) is 1. The predicted octanol–water partition coefficient (Wildman–Crippen LogP) is 4.03. The van der Waals surface area contributed by atoms with Gasteiger partial charge in [0.15, 0.2) is 0 Å². The molecule has 1 aromatic heterocycles. The van der Waals surface area contributed by atoms with Gasteiger partial charge in [-0.2, -0.15) is 9.37 Å². The molecule has 2 aromatic rings. The SMILES string of the molecule is CC(CO)Oc1nc(F)c(Cl)c(Nc2ccccc2)c1Cl. The van der Waals surface area contributed by atoms with Gasteiger partial charge in [0.05, 0.1) is 12.3 Å². The van der Waals surface area contributed by atoms with Gasteiger partial charge in [0.2, 0.25) is 11.8 Å². The van der Waals surface area contributed by atoms with Crippen molar-refractivity contribution >= 4 is 34.6 Å². The van der Waals surface area contributed by atoms with Crippen molar-refractivity contribution in [3.63, 3.8) is 0 Å². The number of aromatic nitrogens is 1. The molecule has 0 saturated carbocycles. The number of hydrogen-bond donors (Lipinski definition) is 2. The van der Waals surface area contributed by atoms with Gasteiger partial charge in [-0.3, -0.25) is 0 Å². The Labute approximate surface area is 131 Å². The smallest absolute Gasteiger partial charge is 0.237 e.